The number of carbonyl (C=O) groups is 2. The van der Waals surface area contributed by atoms with Crippen molar-refractivity contribution >= 4 is 12.1 Å². The van der Waals surface area contributed by atoms with Crippen LogP contribution in [-0.2, 0) is 19.0 Å². The molecule has 0 bridgehead atoms. The Morgan fingerprint density at radius 2 is 1.76 bits per heavy atom. The van der Waals surface area contributed by atoms with Crippen LogP contribution in [0.2, 0.25) is 0 Å². The summed E-state index contributed by atoms with van der Waals surface area (Å²) in [5, 5.41) is 0. The van der Waals surface area contributed by atoms with Crippen LogP contribution in [0.3, 0.4) is 0 Å². The Morgan fingerprint density at radius 1 is 1.14 bits per heavy atom. The lowest BCUT2D eigenvalue weighted by Gasteiger charge is -2.37. The molecule has 0 aromatic heterocycles. The van der Waals surface area contributed by atoms with Crippen molar-refractivity contribution in [3.8, 4) is 0 Å². The Kier molecular flexibility index (Phi) is 9.62. The standard InChI is InChI=1S/C23H33NO5/c1-8-19(27-9-2)20(18-14-12-11-13-15-18)24(22(26)29-23(5,6)7)16-17(4)21(25)28-10-3/h8,11-15,19-20H,1,4,9-10,16H2,2-3,5-7H3/t19-,20-/m1/s1. The molecule has 0 unspecified atom stereocenters. The molecule has 2 atom stereocenters. The normalized spacial score (nSPS) is 13.1. The quantitative estimate of drug-likeness (QED) is 0.323. The van der Waals surface area contributed by atoms with Gasteiger partial charge in [0.1, 0.15) is 11.7 Å². The Labute approximate surface area is 174 Å². The van der Waals surface area contributed by atoms with Gasteiger partial charge in [0.05, 0.1) is 19.2 Å². The highest BCUT2D eigenvalue weighted by Gasteiger charge is 2.35. The molecule has 0 heterocycles. The van der Waals surface area contributed by atoms with Crippen molar-refractivity contribution < 1.29 is 23.8 Å². The third-order valence-corrected chi connectivity index (χ3v) is 3.93. The molecule has 0 aliphatic heterocycles. The van der Waals surface area contributed by atoms with Gasteiger partial charge >= 0.3 is 12.1 Å². The second-order valence-corrected chi connectivity index (χ2v) is 7.44. The molecular formula is C23H33NO5. The first-order valence-electron chi connectivity index (χ1n) is 9.78. The number of hydrogen-bond donors (Lipinski definition) is 0. The van der Waals surface area contributed by atoms with Gasteiger partial charge in [0.15, 0.2) is 0 Å². The highest BCUT2D eigenvalue weighted by Crippen LogP contribution is 2.30. The first-order valence-corrected chi connectivity index (χ1v) is 9.78. The van der Waals surface area contributed by atoms with Crippen LogP contribution < -0.4 is 0 Å². The second-order valence-electron chi connectivity index (χ2n) is 7.44. The Balaban J connectivity index is 3.40. The number of rotatable bonds is 10. The summed E-state index contributed by atoms with van der Waals surface area (Å²) in [6.07, 6.45) is 0.555. The van der Waals surface area contributed by atoms with Crippen LogP contribution in [0.15, 0.2) is 55.1 Å². The summed E-state index contributed by atoms with van der Waals surface area (Å²) in [6, 6.07) is 8.87. The van der Waals surface area contributed by atoms with Gasteiger partial charge in [-0.25, -0.2) is 9.59 Å². The minimum absolute atomic E-state index is 0.0648. The van der Waals surface area contributed by atoms with Gasteiger partial charge in [-0.05, 0) is 40.2 Å². The maximum Gasteiger partial charge on any atom is 0.411 e. The van der Waals surface area contributed by atoms with Gasteiger partial charge in [-0.15, -0.1) is 6.58 Å². The van der Waals surface area contributed by atoms with Crippen molar-refractivity contribution in [2.24, 2.45) is 0 Å². The van der Waals surface area contributed by atoms with Crippen molar-refractivity contribution in [2.75, 3.05) is 19.8 Å². The topological polar surface area (TPSA) is 65.1 Å². The van der Waals surface area contributed by atoms with Crippen molar-refractivity contribution in [1.82, 2.24) is 4.90 Å². The fraction of sp³-hybridized carbons (Fsp3) is 0.478. The number of amides is 1. The van der Waals surface area contributed by atoms with E-state index in [1.54, 1.807) is 33.8 Å². The second kappa shape index (κ2) is 11.4. The van der Waals surface area contributed by atoms with Crippen LogP contribution in [-0.4, -0.2) is 48.4 Å². The van der Waals surface area contributed by atoms with E-state index in [4.69, 9.17) is 14.2 Å². The van der Waals surface area contributed by atoms with Crippen molar-refractivity contribution in [1.29, 1.82) is 0 Å². The zero-order valence-electron chi connectivity index (χ0n) is 18.1. The molecule has 1 aromatic rings. The Bertz CT molecular complexity index is 693. The molecule has 1 amide bonds. The molecule has 29 heavy (non-hydrogen) atoms. The lowest BCUT2D eigenvalue weighted by atomic mass is 9.99. The zero-order valence-corrected chi connectivity index (χ0v) is 18.1. The maximum absolute atomic E-state index is 13.1. The van der Waals surface area contributed by atoms with E-state index in [1.165, 1.54) is 4.90 Å². The first-order chi connectivity index (χ1) is 13.6. The maximum atomic E-state index is 13.1. The molecule has 1 aromatic carbocycles. The largest absolute Gasteiger partial charge is 0.463 e. The number of nitrogens with zero attached hydrogens (tertiary/aromatic N) is 1. The summed E-state index contributed by atoms with van der Waals surface area (Å²) in [6.45, 7) is 17.2. The number of esters is 1. The number of carbonyl (C=O) groups excluding carboxylic acids is 2. The number of ether oxygens (including phenoxy) is 3. The molecular weight excluding hydrogens is 370 g/mol. The summed E-state index contributed by atoms with van der Waals surface area (Å²) < 4.78 is 16.5. The van der Waals surface area contributed by atoms with Gasteiger partial charge < -0.3 is 14.2 Å². The van der Waals surface area contributed by atoms with Crippen LogP contribution in [0, 0.1) is 0 Å². The van der Waals surface area contributed by atoms with Crippen LogP contribution in [0.4, 0.5) is 4.79 Å². The predicted octanol–water partition coefficient (Wildman–Crippen LogP) is 4.68. The summed E-state index contributed by atoms with van der Waals surface area (Å²) >= 11 is 0. The van der Waals surface area contributed by atoms with Crippen molar-refractivity contribution in [2.45, 2.75) is 52.4 Å². The molecule has 6 nitrogen and oxygen atoms in total. The SMILES string of the molecule is C=C[C@@H](OCC)[C@@H](c1ccccc1)N(CC(=C)C(=O)OCC)C(=O)OC(C)(C)C. The molecule has 1 rings (SSSR count). The van der Waals surface area contributed by atoms with Gasteiger partial charge in [0.25, 0.3) is 0 Å². The zero-order chi connectivity index (χ0) is 22.0. The average molecular weight is 404 g/mol. The molecule has 0 aliphatic rings. The molecule has 0 fully saturated rings. The predicted molar refractivity (Wildman–Crippen MR) is 114 cm³/mol. The average Bonchev–Trinajstić information content (AvgIpc) is 2.66. The van der Waals surface area contributed by atoms with E-state index in [1.807, 2.05) is 37.3 Å². The summed E-state index contributed by atoms with van der Waals surface area (Å²) in [5.74, 6) is -0.556. The summed E-state index contributed by atoms with van der Waals surface area (Å²) in [7, 11) is 0. The summed E-state index contributed by atoms with van der Waals surface area (Å²) in [4.78, 5) is 26.7. The van der Waals surface area contributed by atoms with E-state index in [9.17, 15) is 9.59 Å². The van der Waals surface area contributed by atoms with Crippen LogP contribution in [0.25, 0.3) is 0 Å². The fourth-order valence-electron chi connectivity index (χ4n) is 2.78. The van der Waals surface area contributed by atoms with E-state index in [0.29, 0.717) is 6.61 Å². The molecule has 0 N–H and O–H groups in total. The van der Waals surface area contributed by atoms with Gasteiger partial charge in [0, 0.05) is 12.2 Å². The highest BCUT2D eigenvalue weighted by atomic mass is 16.6. The van der Waals surface area contributed by atoms with Gasteiger partial charge in [0.2, 0.25) is 0 Å². The van der Waals surface area contributed by atoms with Crippen molar-refractivity contribution in [3.63, 3.8) is 0 Å². The number of benzene rings is 1. The van der Waals surface area contributed by atoms with Crippen LogP contribution >= 0.6 is 0 Å². The van der Waals surface area contributed by atoms with Gasteiger partial charge in [-0.3, -0.25) is 4.90 Å². The number of hydrogen-bond acceptors (Lipinski definition) is 5. The molecule has 6 heteroatoms. The molecule has 0 radical (unpaired) electrons. The lowest BCUT2D eigenvalue weighted by molar-refractivity contribution is -0.138. The third-order valence-electron chi connectivity index (χ3n) is 3.93. The van der Waals surface area contributed by atoms with E-state index in [-0.39, 0.29) is 18.7 Å². The minimum atomic E-state index is -0.711. The van der Waals surface area contributed by atoms with E-state index in [0.717, 1.165) is 5.56 Å². The third kappa shape index (κ3) is 7.74. The Morgan fingerprint density at radius 3 is 2.24 bits per heavy atom. The van der Waals surface area contributed by atoms with E-state index < -0.39 is 29.8 Å². The Hall–Kier alpha value is -2.60. The molecule has 0 saturated heterocycles. The molecule has 0 saturated carbocycles. The lowest BCUT2D eigenvalue weighted by Crippen LogP contribution is -2.45. The smallest absolute Gasteiger partial charge is 0.411 e. The minimum Gasteiger partial charge on any atom is -0.463 e. The first kappa shape index (κ1) is 24.4. The molecule has 0 aliphatic carbocycles. The monoisotopic (exact) mass is 403 g/mol. The van der Waals surface area contributed by atoms with E-state index >= 15 is 0 Å². The van der Waals surface area contributed by atoms with Crippen molar-refractivity contribution in [3.05, 3.63) is 60.7 Å². The fourth-order valence-corrected chi connectivity index (χ4v) is 2.78. The highest BCUT2D eigenvalue weighted by molar-refractivity contribution is 5.89. The van der Waals surface area contributed by atoms with E-state index in [2.05, 4.69) is 13.2 Å². The van der Waals surface area contributed by atoms with Crippen LogP contribution in [0.5, 0.6) is 0 Å². The molecule has 160 valence electrons. The molecule has 0 spiro atoms. The van der Waals surface area contributed by atoms with Crippen LogP contribution in [0.1, 0.15) is 46.2 Å². The van der Waals surface area contributed by atoms with Gasteiger partial charge in [-0.2, -0.15) is 0 Å². The summed E-state index contributed by atoms with van der Waals surface area (Å²) in [5.41, 5.74) is 0.267. The van der Waals surface area contributed by atoms with Gasteiger partial charge in [-0.1, -0.05) is 43.0 Å².